The van der Waals surface area contributed by atoms with E-state index in [9.17, 15) is 9.59 Å². The number of hydrogen-bond acceptors (Lipinski definition) is 5. The van der Waals surface area contributed by atoms with Crippen LogP contribution in [0.25, 0.3) is 0 Å². The summed E-state index contributed by atoms with van der Waals surface area (Å²) in [6, 6.07) is 18.4. The van der Waals surface area contributed by atoms with E-state index in [1.165, 1.54) is 6.21 Å². The van der Waals surface area contributed by atoms with Crippen LogP contribution in [0.4, 0.5) is 5.69 Å². The number of amides is 2. The van der Waals surface area contributed by atoms with Crippen molar-refractivity contribution in [1.29, 1.82) is 0 Å². The smallest absolute Gasteiger partial charge is 0.240 e. The van der Waals surface area contributed by atoms with E-state index in [0.717, 1.165) is 15.6 Å². The zero-order valence-electron chi connectivity index (χ0n) is 19.3. The van der Waals surface area contributed by atoms with Gasteiger partial charge in [-0.2, -0.15) is 5.10 Å². The Morgan fingerprint density at radius 1 is 1.00 bits per heavy atom. The van der Waals surface area contributed by atoms with Gasteiger partial charge in [-0.25, -0.2) is 5.43 Å². The van der Waals surface area contributed by atoms with Gasteiger partial charge in [-0.1, -0.05) is 45.7 Å². The molecule has 0 saturated carbocycles. The minimum absolute atomic E-state index is 0.00504. The lowest BCUT2D eigenvalue weighted by atomic mass is 10.2. The monoisotopic (exact) mass is 557 g/mol. The zero-order chi connectivity index (χ0) is 25.2. The number of ether oxygens (including phenoxy) is 2. The van der Waals surface area contributed by atoms with Gasteiger partial charge in [-0.05, 0) is 66.1 Å². The molecule has 0 aliphatic heterocycles. The van der Waals surface area contributed by atoms with Gasteiger partial charge >= 0.3 is 0 Å². The molecule has 0 radical (unpaired) electrons. The Hall–Kier alpha value is -3.36. The van der Waals surface area contributed by atoms with Gasteiger partial charge in [0.15, 0.2) is 11.5 Å². The van der Waals surface area contributed by atoms with Crippen molar-refractivity contribution in [1.82, 2.24) is 5.43 Å². The highest BCUT2D eigenvalue weighted by atomic mass is 79.9. The Morgan fingerprint density at radius 3 is 2.46 bits per heavy atom. The number of nitrogens with one attached hydrogen (secondary N) is 2. The Morgan fingerprint density at radius 2 is 1.74 bits per heavy atom. The summed E-state index contributed by atoms with van der Waals surface area (Å²) in [4.78, 5) is 24.1. The molecule has 0 aliphatic rings. The summed E-state index contributed by atoms with van der Waals surface area (Å²) in [6.45, 7) is 2.28. The van der Waals surface area contributed by atoms with Crippen LogP contribution in [0.1, 0.15) is 29.5 Å². The maximum absolute atomic E-state index is 12.1. The van der Waals surface area contributed by atoms with Crippen molar-refractivity contribution in [2.75, 3.05) is 12.4 Å². The Bertz CT molecular complexity index is 1220. The molecular formula is C26H25BrClN3O4. The van der Waals surface area contributed by atoms with Crippen molar-refractivity contribution < 1.29 is 19.1 Å². The number of carbonyl (C=O) groups is 2. The quantitative estimate of drug-likeness (QED) is 0.241. The Balaban J connectivity index is 1.46. The van der Waals surface area contributed by atoms with Gasteiger partial charge < -0.3 is 14.8 Å². The van der Waals surface area contributed by atoms with Gasteiger partial charge in [-0.15, -0.1) is 0 Å². The maximum Gasteiger partial charge on any atom is 0.240 e. The summed E-state index contributed by atoms with van der Waals surface area (Å²) < 4.78 is 12.3. The van der Waals surface area contributed by atoms with Crippen molar-refractivity contribution in [3.8, 4) is 11.5 Å². The number of methoxy groups -OCH3 is 1. The summed E-state index contributed by atoms with van der Waals surface area (Å²) >= 11 is 9.47. The summed E-state index contributed by atoms with van der Waals surface area (Å²) in [5, 5.41) is 7.24. The fourth-order valence-electron chi connectivity index (χ4n) is 2.98. The third kappa shape index (κ3) is 8.42. The molecule has 0 fully saturated rings. The third-order valence-electron chi connectivity index (χ3n) is 4.93. The second-order valence-electron chi connectivity index (χ2n) is 7.63. The first-order valence-electron chi connectivity index (χ1n) is 10.8. The number of nitrogens with zero attached hydrogens (tertiary/aromatic N) is 1. The average molecular weight is 559 g/mol. The fourth-order valence-corrected chi connectivity index (χ4v) is 3.43. The minimum Gasteiger partial charge on any atom is -0.493 e. The highest BCUT2D eigenvalue weighted by Gasteiger charge is 2.09. The molecule has 3 aromatic carbocycles. The number of anilines is 1. The average Bonchev–Trinajstić information content (AvgIpc) is 2.85. The first kappa shape index (κ1) is 26.2. The molecule has 9 heteroatoms. The van der Waals surface area contributed by atoms with Gasteiger partial charge in [0.2, 0.25) is 11.8 Å². The number of hydrazone groups is 1. The molecule has 182 valence electrons. The van der Waals surface area contributed by atoms with Crippen molar-refractivity contribution >= 4 is 51.2 Å². The van der Waals surface area contributed by atoms with Crippen LogP contribution >= 0.6 is 27.5 Å². The Labute approximate surface area is 217 Å². The highest BCUT2D eigenvalue weighted by Crippen LogP contribution is 2.28. The van der Waals surface area contributed by atoms with Crippen molar-refractivity contribution in [3.63, 3.8) is 0 Å². The predicted octanol–water partition coefficient (Wildman–Crippen LogP) is 5.87. The molecule has 0 aromatic heterocycles. The molecule has 3 aromatic rings. The standard InChI is InChI=1S/C26H25BrClN3O4/c1-17-3-9-21(14-22(17)28)30-25(32)11-12-26(33)31-29-15-19-6-10-23(24(13-19)34-2)35-16-18-4-7-20(27)8-5-18/h3-10,13-15H,11-12,16H2,1-2H3,(H,30,32)(H,31,33). The summed E-state index contributed by atoms with van der Waals surface area (Å²) in [5.74, 6) is 0.481. The Kier molecular flexibility index (Phi) is 9.69. The third-order valence-corrected chi connectivity index (χ3v) is 5.87. The van der Waals surface area contributed by atoms with E-state index >= 15 is 0 Å². The van der Waals surface area contributed by atoms with E-state index in [2.05, 4.69) is 31.8 Å². The lowest BCUT2D eigenvalue weighted by Crippen LogP contribution is -2.20. The van der Waals surface area contributed by atoms with E-state index in [-0.39, 0.29) is 24.7 Å². The van der Waals surface area contributed by atoms with Crippen LogP contribution in [0.3, 0.4) is 0 Å². The van der Waals surface area contributed by atoms with Gasteiger partial charge in [0, 0.05) is 28.0 Å². The summed E-state index contributed by atoms with van der Waals surface area (Å²) in [7, 11) is 1.56. The number of rotatable bonds is 10. The van der Waals surface area contributed by atoms with Gasteiger partial charge in [0.25, 0.3) is 0 Å². The molecule has 0 aliphatic carbocycles. The number of hydrogen-bond donors (Lipinski definition) is 2. The van der Waals surface area contributed by atoms with Crippen molar-refractivity contribution in [3.05, 3.63) is 86.8 Å². The molecule has 0 unspecified atom stereocenters. The lowest BCUT2D eigenvalue weighted by Gasteiger charge is -2.11. The fraction of sp³-hybridized carbons (Fsp3) is 0.192. The van der Waals surface area contributed by atoms with Crippen LogP contribution in [-0.2, 0) is 16.2 Å². The number of carbonyl (C=O) groups excluding carboxylic acids is 2. The van der Waals surface area contributed by atoms with Gasteiger partial charge in [-0.3, -0.25) is 9.59 Å². The normalized spacial score (nSPS) is 10.7. The molecule has 3 rings (SSSR count). The summed E-state index contributed by atoms with van der Waals surface area (Å²) in [6.07, 6.45) is 1.51. The van der Waals surface area contributed by atoms with Crippen LogP contribution in [0.5, 0.6) is 11.5 Å². The van der Waals surface area contributed by atoms with Crippen LogP contribution in [0, 0.1) is 6.92 Å². The number of benzene rings is 3. The molecule has 35 heavy (non-hydrogen) atoms. The summed E-state index contributed by atoms with van der Waals surface area (Å²) in [5.41, 5.74) is 5.67. The molecule has 2 N–H and O–H groups in total. The van der Waals surface area contributed by atoms with Gasteiger partial charge in [0.05, 0.1) is 13.3 Å². The maximum atomic E-state index is 12.1. The van der Waals surface area contributed by atoms with E-state index < -0.39 is 0 Å². The van der Waals surface area contributed by atoms with Crippen LogP contribution in [0.2, 0.25) is 5.02 Å². The largest absolute Gasteiger partial charge is 0.493 e. The second kappa shape index (κ2) is 12.9. The molecule has 0 saturated heterocycles. The highest BCUT2D eigenvalue weighted by molar-refractivity contribution is 9.10. The first-order chi connectivity index (χ1) is 16.8. The molecule has 7 nitrogen and oxygen atoms in total. The molecule has 0 spiro atoms. The predicted molar refractivity (Wildman–Crippen MR) is 141 cm³/mol. The molecule has 0 atom stereocenters. The SMILES string of the molecule is COc1cc(C=NNC(=O)CCC(=O)Nc2ccc(C)c(Cl)c2)ccc1OCc1ccc(Br)cc1. The minimum atomic E-state index is -0.375. The van der Waals surface area contributed by atoms with Crippen molar-refractivity contribution in [2.45, 2.75) is 26.4 Å². The number of halogens is 2. The zero-order valence-corrected chi connectivity index (χ0v) is 21.7. The lowest BCUT2D eigenvalue weighted by molar-refractivity contribution is -0.124. The van der Waals surface area contributed by atoms with Gasteiger partial charge in [0.1, 0.15) is 6.61 Å². The molecule has 0 bridgehead atoms. The van der Waals surface area contributed by atoms with E-state index in [1.54, 1.807) is 37.4 Å². The first-order valence-corrected chi connectivity index (χ1v) is 11.9. The topological polar surface area (TPSA) is 89.0 Å². The van der Waals surface area contributed by atoms with E-state index in [0.29, 0.717) is 34.4 Å². The van der Waals surface area contributed by atoms with Crippen LogP contribution in [-0.4, -0.2) is 25.1 Å². The van der Waals surface area contributed by atoms with Crippen molar-refractivity contribution in [2.24, 2.45) is 5.10 Å². The van der Waals surface area contributed by atoms with Crippen LogP contribution < -0.4 is 20.2 Å². The molecular weight excluding hydrogens is 534 g/mol. The van der Waals surface area contributed by atoms with Crippen LogP contribution in [0.15, 0.2) is 70.2 Å². The molecule has 0 heterocycles. The second-order valence-corrected chi connectivity index (χ2v) is 8.95. The van der Waals surface area contributed by atoms with E-state index in [1.807, 2.05) is 37.3 Å². The number of aryl methyl sites for hydroxylation is 1. The molecule has 2 amide bonds. The van der Waals surface area contributed by atoms with E-state index in [4.69, 9.17) is 21.1 Å².